The van der Waals surface area contributed by atoms with Gasteiger partial charge in [-0.2, -0.15) is 0 Å². The molecule has 3 rings (SSSR count). The van der Waals surface area contributed by atoms with Gasteiger partial charge >= 0.3 is 0 Å². The molecule has 0 bridgehead atoms. The molecule has 5 nitrogen and oxygen atoms in total. The summed E-state index contributed by atoms with van der Waals surface area (Å²) >= 11 is 1.81. The Morgan fingerprint density at radius 3 is 2.73 bits per heavy atom. The van der Waals surface area contributed by atoms with Gasteiger partial charge in [-0.15, -0.1) is 11.3 Å². The zero-order chi connectivity index (χ0) is 18.4. The number of likely N-dealkylation sites (N-methyl/N-ethyl adjacent to an activating group) is 1. The smallest absolute Gasteiger partial charge is 0.166 e. The molecule has 0 radical (unpaired) electrons. The molecule has 2 heterocycles. The molecule has 6 heteroatoms. The molecule has 0 saturated carbocycles. The van der Waals surface area contributed by atoms with E-state index in [0.29, 0.717) is 24.0 Å². The van der Waals surface area contributed by atoms with Crippen LogP contribution in [0.2, 0.25) is 0 Å². The van der Waals surface area contributed by atoms with E-state index < -0.39 is 0 Å². The van der Waals surface area contributed by atoms with Gasteiger partial charge in [0.15, 0.2) is 11.5 Å². The number of piperazine rings is 1. The number of nitrogens with zero attached hydrogens (tertiary/aromatic N) is 1. The molecule has 26 heavy (non-hydrogen) atoms. The summed E-state index contributed by atoms with van der Waals surface area (Å²) in [6.07, 6.45) is 1.78. The number of para-hydroxylation sites is 1. The Balaban J connectivity index is 1.72. The van der Waals surface area contributed by atoms with E-state index in [9.17, 15) is 5.11 Å². The average molecular weight is 376 g/mol. The topological polar surface area (TPSA) is 50.7 Å². The Labute approximate surface area is 159 Å². The molecule has 1 aromatic carbocycles. The van der Waals surface area contributed by atoms with Crippen molar-refractivity contribution < 1.29 is 19.6 Å². The van der Waals surface area contributed by atoms with Gasteiger partial charge in [-0.1, -0.05) is 12.1 Å². The Kier molecular flexibility index (Phi) is 6.66. The van der Waals surface area contributed by atoms with Gasteiger partial charge in [-0.25, -0.2) is 0 Å². The lowest BCUT2D eigenvalue weighted by Crippen LogP contribution is -3.27. The molecule has 0 unspecified atom stereocenters. The molecular formula is C20H29N3O2S+2. The van der Waals surface area contributed by atoms with E-state index in [1.54, 1.807) is 22.1 Å². The Bertz CT molecular complexity index is 710. The standard InChI is InChI=1S/C20H27N3O2S/c1-3-25-18-7-4-6-16(20(18)24)14-21-15-17(19-8-5-13-26-19)23-11-9-22(2)10-12-23/h4-8,13-14,17,24H,3,9-12,15H2,1-2H3/p+2/t17-/m0/s1. The molecule has 3 N–H and O–H groups in total. The number of ether oxygens (including phenoxy) is 1. The van der Waals surface area contributed by atoms with Crippen LogP contribution >= 0.6 is 11.3 Å². The van der Waals surface area contributed by atoms with E-state index in [2.05, 4.69) is 24.6 Å². The molecule has 1 aromatic heterocycles. The number of benzene rings is 1. The summed E-state index contributed by atoms with van der Waals surface area (Å²) in [7, 11) is 2.27. The van der Waals surface area contributed by atoms with E-state index in [1.165, 1.54) is 31.1 Å². The Morgan fingerprint density at radius 1 is 1.23 bits per heavy atom. The van der Waals surface area contributed by atoms with Crippen molar-refractivity contribution in [1.29, 1.82) is 0 Å². The van der Waals surface area contributed by atoms with Crippen LogP contribution in [-0.2, 0) is 0 Å². The molecule has 1 saturated heterocycles. The first-order valence-electron chi connectivity index (χ1n) is 9.33. The second-order valence-corrected chi connectivity index (χ2v) is 7.78. The highest BCUT2D eigenvalue weighted by Gasteiger charge is 2.29. The second kappa shape index (κ2) is 9.16. The number of phenolic OH excluding ortho intramolecular Hbond substituents is 1. The zero-order valence-corrected chi connectivity index (χ0v) is 16.4. The van der Waals surface area contributed by atoms with Crippen molar-refractivity contribution in [2.75, 3.05) is 46.4 Å². The quantitative estimate of drug-likeness (QED) is 0.615. The highest BCUT2D eigenvalue weighted by Crippen LogP contribution is 2.28. The SMILES string of the molecule is CCOc1cccc(C=NC[C@@H](c2cccs2)[NH+]2CC[NH+](C)CC2)c1O. The van der Waals surface area contributed by atoms with Gasteiger partial charge < -0.3 is 19.6 Å². The third-order valence-electron chi connectivity index (χ3n) is 4.97. The molecule has 2 aromatic rings. The van der Waals surface area contributed by atoms with Gasteiger partial charge in [-0.05, 0) is 30.5 Å². The summed E-state index contributed by atoms with van der Waals surface area (Å²) in [4.78, 5) is 9.31. The molecule has 1 atom stereocenters. The number of nitrogens with one attached hydrogen (secondary N) is 2. The number of aromatic hydroxyl groups is 1. The van der Waals surface area contributed by atoms with Crippen LogP contribution in [0.1, 0.15) is 23.4 Å². The van der Waals surface area contributed by atoms with Crippen LogP contribution in [0.25, 0.3) is 0 Å². The number of aliphatic imine (C=N–C) groups is 1. The van der Waals surface area contributed by atoms with Gasteiger partial charge in [0, 0.05) is 11.8 Å². The highest BCUT2D eigenvalue weighted by atomic mass is 32.1. The summed E-state index contributed by atoms with van der Waals surface area (Å²) in [5.41, 5.74) is 0.707. The minimum Gasteiger partial charge on any atom is -0.504 e. The Morgan fingerprint density at radius 2 is 2.04 bits per heavy atom. The summed E-state index contributed by atoms with van der Waals surface area (Å²) in [6.45, 7) is 7.93. The van der Waals surface area contributed by atoms with Crippen LogP contribution in [0.5, 0.6) is 11.5 Å². The fourth-order valence-corrected chi connectivity index (χ4v) is 4.30. The van der Waals surface area contributed by atoms with Crippen molar-refractivity contribution in [1.82, 2.24) is 0 Å². The van der Waals surface area contributed by atoms with Crippen LogP contribution in [-0.4, -0.2) is 57.7 Å². The molecular weight excluding hydrogens is 346 g/mol. The minimum absolute atomic E-state index is 0.168. The summed E-state index contributed by atoms with van der Waals surface area (Å²) < 4.78 is 5.45. The van der Waals surface area contributed by atoms with Crippen LogP contribution < -0.4 is 14.5 Å². The average Bonchev–Trinajstić information content (AvgIpc) is 3.17. The molecule has 140 valence electrons. The van der Waals surface area contributed by atoms with Gasteiger partial charge in [0.05, 0.1) is 25.1 Å². The van der Waals surface area contributed by atoms with Crippen molar-refractivity contribution in [2.45, 2.75) is 13.0 Å². The number of rotatable bonds is 7. The van der Waals surface area contributed by atoms with Crippen molar-refractivity contribution in [3.63, 3.8) is 0 Å². The monoisotopic (exact) mass is 375 g/mol. The summed E-state index contributed by atoms with van der Waals surface area (Å²) in [5, 5.41) is 12.5. The lowest BCUT2D eigenvalue weighted by atomic mass is 10.1. The largest absolute Gasteiger partial charge is 0.504 e. The predicted octanol–water partition coefficient (Wildman–Crippen LogP) is 0.426. The van der Waals surface area contributed by atoms with Crippen LogP contribution in [0.3, 0.4) is 0 Å². The fourth-order valence-electron chi connectivity index (χ4n) is 3.43. The van der Waals surface area contributed by atoms with E-state index in [1.807, 2.05) is 30.4 Å². The van der Waals surface area contributed by atoms with Crippen LogP contribution in [0.15, 0.2) is 40.7 Å². The van der Waals surface area contributed by atoms with Crippen molar-refractivity contribution in [2.24, 2.45) is 4.99 Å². The first kappa shape index (κ1) is 18.9. The summed E-state index contributed by atoms with van der Waals surface area (Å²) in [5.74, 6) is 0.681. The van der Waals surface area contributed by atoms with Crippen LogP contribution in [0, 0.1) is 0 Å². The number of thiophene rings is 1. The number of hydrogen-bond donors (Lipinski definition) is 3. The fraction of sp³-hybridized carbons (Fsp3) is 0.450. The molecule has 0 aliphatic carbocycles. The van der Waals surface area contributed by atoms with Crippen molar-refractivity contribution in [3.8, 4) is 11.5 Å². The van der Waals surface area contributed by atoms with E-state index in [0.717, 1.165) is 6.54 Å². The van der Waals surface area contributed by atoms with Gasteiger partial charge in [0.2, 0.25) is 0 Å². The van der Waals surface area contributed by atoms with E-state index in [-0.39, 0.29) is 5.75 Å². The first-order valence-corrected chi connectivity index (χ1v) is 10.2. The molecule has 0 spiro atoms. The van der Waals surface area contributed by atoms with Gasteiger partial charge in [-0.3, -0.25) is 4.99 Å². The van der Waals surface area contributed by atoms with Gasteiger partial charge in [0.25, 0.3) is 0 Å². The van der Waals surface area contributed by atoms with E-state index >= 15 is 0 Å². The third-order valence-corrected chi connectivity index (χ3v) is 5.96. The maximum absolute atomic E-state index is 10.3. The molecule has 1 fully saturated rings. The zero-order valence-electron chi connectivity index (χ0n) is 15.6. The second-order valence-electron chi connectivity index (χ2n) is 6.80. The number of hydrogen-bond acceptors (Lipinski definition) is 4. The third kappa shape index (κ3) is 4.63. The van der Waals surface area contributed by atoms with Crippen molar-refractivity contribution >= 4 is 17.6 Å². The van der Waals surface area contributed by atoms with Crippen molar-refractivity contribution in [3.05, 3.63) is 46.2 Å². The van der Waals surface area contributed by atoms with E-state index in [4.69, 9.17) is 9.73 Å². The number of phenols is 1. The maximum Gasteiger partial charge on any atom is 0.166 e. The molecule has 0 amide bonds. The number of quaternary nitrogens is 2. The lowest BCUT2D eigenvalue weighted by molar-refractivity contribution is -1.02. The first-order chi connectivity index (χ1) is 12.7. The maximum atomic E-state index is 10.3. The predicted molar refractivity (Wildman–Crippen MR) is 106 cm³/mol. The van der Waals surface area contributed by atoms with Gasteiger partial charge in [0.1, 0.15) is 32.2 Å². The van der Waals surface area contributed by atoms with Crippen LogP contribution in [0.4, 0.5) is 0 Å². The normalized spacial score (nSPS) is 21.8. The summed E-state index contributed by atoms with van der Waals surface area (Å²) in [6, 6.07) is 10.3. The lowest BCUT2D eigenvalue weighted by Gasteiger charge is -2.32. The Hall–Kier alpha value is -1.89. The molecule has 1 aliphatic heterocycles. The minimum atomic E-state index is 0.168. The highest BCUT2D eigenvalue weighted by molar-refractivity contribution is 7.10. The molecule has 1 aliphatic rings.